The molecule has 6 rings (SSSR count). The van der Waals surface area contributed by atoms with E-state index in [1.807, 2.05) is 4.90 Å². The number of piperidine rings is 1. The molecule has 1 saturated carbocycles. The molecule has 1 aliphatic carbocycles. The van der Waals surface area contributed by atoms with Gasteiger partial charge in [-0.05, 0) is 43.9 Å². The van der Waals surface area contributed by atoms with E-state index in [2.05, 4.69) is 15.7 Å². The first-order chi connectivity index (χ1) is 17.8. The molecular weight excluding hydrogens is 480 g/mol. The number of rotatable bonds is 6. The maximum absolute atomic E-state index is 13.4. The summed E-state index contributed by atoms with van der Waals surface area (Å²) in [4.78, 5) is 45.8. The second-order valence-corrected chi connectivity index (χ2v) is 10.7. The highest BCUT2D eigenvalue weighted by Gasteiger charge is 2.56. The number of β-amino-alcohol motifs (C(OH)–C–C–N with tert-alkyl or cyclic N) is 1. The molecule has 37 heavy (non-hydrogen) atoms. The Morgan fingerprint density at radius 3 is 2.62 bits per heavy atom. The Balaban J connectivity index is 1.13. The van der Waals surface area contributed by atoms with Gasteiger partial charge < -0.3 is 25.2 Å². The van der Waals surface area contributed by atoms with E-state index < -0.39 is 17.4 Å². The van der Waals surface area contributed by atoms with E-state index in [4.69, 9.17) is 4.74 Å². The minimum atomic E-state index is -1.87. The molecule has 4 fully saturated rings. The van der Waals surface area contributed by atoms with Crippen LogP contribution in [0.5, 0.6) is 0 Å². The summed E-state index contributed by atoms with van der Waals surface area (Å²) in [5.41, 5.74) is 2.83. The summed E-state index contributed by atoms with van der Waals surface area (Å²) in [6.07, 6.45) is 3.93. The van der Waals surface area contributed by atoms with Crippen molar-refractivity contribution in [2.75, 3.05) is 44.4 Å². The highest BCUT2D eigenvalue weighted by molar-refractivity contribution is 5.96. The van der Waals surface area contributed by atoms with Gasteiger partial charge in [0.1, 0.15) is 5.92 Å². The summed E-state index contributed by atoms with van der Waals surface area (Å²) in [6, 6.07) is 6.73. The number of aliphatic imine (C=N–C) groups is 1. The molecule has 5 aliphatic rings. The maximum atomic E-state index is 13.4. The van der Waals surface area contributed by atoms with Crippen LogP contribution >= 0.6 is 0 Å². The number of carbonyl (C=O) groups excluding carboxylic acids is 3. The molecule has 4 aliphatic heterocycles. The van der Waals surface area contributed by atoms with Crippen molar-refractivity contribution >= 4 is 29.7 Å². The lowest BCUT2D eigenvalue weighted by atomic mass is 9.89. The maximum Gasteiger partial charge on any atom is 0.265 e. The third kappa shape index (κ3) is 4.48. The van der Waals surface area contributed by atoms with Gasteiger partial charge in [0.25, 0.3) is 11.8 Å². The van der Waals surface area contributed by atoms with Crippen molar-refractivity contribution in [2.24, 2.45) is 16.8 Å². The first-order valence-corrected chi connectivity index (χ1v) is 12.9. The molecule has 3 saturated heterocycles. The van der Waals surface area contributed by atoms with Crippen molar-refractivity contribution in [3.63, 3.8) is 0 Å². The predicted molar refractivity (Wildman–Crippen MR) is 131 cm³/mol. The first-order valence-electron chi connectivity index (χ1n) is 12.9. The Labute approximate surface area is 214 Å². The number of nitrogens with zero attached hydrogens (tertiary/aromatic N) is 4. The average molecular weight is 513 g/mol. The minimum Gasteiger partial charge on any atom is -0.388 e. The molecule has 1 aromatic carbocycles. The molecule has 0 radical (unpaired) electrons. The molecule has 4 heterocycles. The Morgan fingerprint density at radius 1 is 1.19 bits per heavy atom. The summed E-state index contributed by atoms with van der Waals surface area (Å²) in [5.74, 6) is -3.06. The molecule has 2 atom stereocenters. The summed E-state index contributed by atoms with van der Waals surface area (Å²) in [7, 11) is 0. The number of hydrogen-bond donors (Lipinski definition) is 4. The Morgan fingerprint density at radius 2 is 1.95 bits per heavy atom. The number of fused-ring (bicyclic) bond motifs is 1. The monoisotopic (exact) mass is 512 g/mol. The van der Waals surface area contributed by atoms with Gasteiger partial charge in [-0.2, -0.15) is 0 Å². The fourth-order valence-electron chi connectivity index (χ4n) is 5.39. The predicted octanol–water partition coefficient (Wildman–Crippen LogP) is -0.964. The van der Waals surface area contributed by atoms with Crippen LogP contribution in [-0.4, -0.2) is 101 Å². The summed E-state index contributed by atoms with van der Waals surface area (Å²) in [5, 5.41) is 26.9. The van der Waals surface area contributed by atoms with Gasteiger partial charge in [0, 0.05) is 31.1 Å². The van der Waals surface area contributed by atoms with E-state index in [0.717, 1.165) is 12.8 Å². The van der Waals surface area contributed by atoms with Gasteiger partial charge in [-0.15, -0.1) is 0 Å². The van der Waals surface area contributed by atoms with Crippen LogP contribution in [0, 0.1) is 11.8 Å². The van der Waals surface area contributed by atoms with Gasteiger partial charge in [0.15, 0.2) is 0 Å². The zero-order chi connectivity index (χ0) is 25.8. The molecule has 12 nitrogen and oxygen atoms in total. The number of hydrogen-bond acceptors (Lipinski definition) is 9. The number of likely N-dealkylation sites (tertiary alicyclic amines) is 1. The third-order valence-corrected chi connectivity index (χ3v) is 7.96. The van der Waals surface area contributed by atoms with E-state index >= 15 is 0 Å². The van der Waals surface area contributed by atoms with Gasteiger partial charge >= 0.3 is 0 Å². The van der Waals surface area contributed by atoms with E-state index in [1.165, 1.54) is 16.2 Å². The molecule has 2 unspecified atom stereocenters. The molecule has 12 heteroatoms. The third-order valence-electron chi connectivity index (χ3n) is 7.96. The average Bonchev–Trinajstić information content (AvgIpc) is 3.65. The van der Waals surface area contributed by atoms with Crippen LogP contribution in [0.3, 0.4) is 0 Å². The second kappa shape index (κ2) is 9.05. The van der Waals surface area contributed by atoms with Crippen molar-refractivity contribution in [1.29, 1.82) is 0 Å². The zero-order valence-corrected chi connectivity index (χ0v) is 20.5. The van der Waals surface area contributed by atoms with Crippen LogP contribution in [0.25, 0.3) is 0 Å². The standard InChI is InChI=1S/C25H32N6O6/c32-21(28-18-12-37-13-18)17-2-1-3-19(10-17)31-25(36)20(11-27-31)23(34)30(15-26-25)14-24(35)6-8-29(9-7-24)22(33)16-4-5-16/h1-3,10,15-16,18,20,27,35-36H,4-9,11-14H2,(H,28,32). The van der Waals surface area contributed by atoms with Gasteiger partial charge in [-0.25, -0.2) is 10.4 Å². The van der Waals surface area contributed by atoms with Gasteiger partial charge in [0.05, 0.1) is 43.4 Å². The lowest BCUT2D eigenvalue weighted by Crippen LogP contribution is -2.60. The minimum absolute atomic E-state index is 0.0121. The van der Waals surface area contributed by atoms with E-state index in [-0.39, 0.29) is 42.8 Å². The largest absolute Gasteiger partial charge is 0.388 e. The fourth-order valence-corrected chi connectivity index (χ4v) is 5.39. The van der Waals surface area contributed by atoms with Crippen LogP contribution in [0.15, 0.2) is 29.3 Å². The Kier molecular flexibility index (Phi) is 5.94. The molecule has 198 valence electrons. The van der Waals surface area contributed by atoms with Crippen molar-refractivity contribution in [3.05, 3.63) is 29.8 Å². The van der Waals surface area contributed by atoms with Crippen molar-refractivity contribution in [2.45, 2.75) is 43.2 Å². The van der Waals surface area contributed by atoms with Gasteiger partial charge in [-0.3, -0.25) is 24.3 Å². The zero-order valence-electron chi connectivity index (χ0n) is 20.5. The number of benzene rings is 1. The van der Waals surface area contributed by atoms with E-state index in [1.54, 1.807) is 24.3 Å². The lowest BCUT2D eigenvalue weighted by Gasteiger charge is -2.43. The summed E-state index contributed by atoms with van der Waals surface area (Å²) < 4.78 is 5.10. The molecule has 0 bridgehead atoms. The van der Waals surface area contributed by atoms with Crippen LogP contribution in [-0.2, 0) is 14.3 Å². The second-order valence-electron chi connectivity index (χ2n) is 10.7. The SMILES string of the molecule is O=C(NC1COC1)c1cccc(N2NCC3C(=O)N(CC4(O)CCN(C(=O)C5CC5)CC4)C=NC32O)c1. The lowest BCUT2D eigenvalue weighted by molar-refractivity contribution is -0.146. The Bertz CT molecular complexity index is 1130. The number of anilines is 1. The van der Waals surface area contributed by atoms with Crippen LogP contribution in [0.1, 0.15) is 36.0 Å². The van der Waals surface area contributed by atoms with Gasteiger partial charge in [-0.1, -0.05) is 6.07 Å². The number of amides is 3. The van der Waals surface area contributed by atoms with Crippen molar-refractivity contribution in [1.82, 2.24) is 20.5 Å². The summed E-state index contributed by atoms with van der Waals surface area (Å²) in [6.45, 7) is 2.09. The smallest absolute Gasteiger partial charge is 0.265 e. The molecule has 0 spiro atoms. The first kappa shape index (κ1) is 24.3. The highest BCUT2D eigenvalue weighted by Crippen LogP contribution is 2.37. The Hall–Kier alpha value is -3.06. The van der Waals surface area contributed by atoms with Crippen molar-refractivity contribution < 1.29 is 29.3 Å². The van der Waals surface area contributed by atoms with E-state index in [0.29, 0.717) is 50.4 Å². The quantitative estimate of drug-likeness (QED) is 0.381. The van der Waals surface area contributed by atoms with Crippen LogP contribution < -0.4 is 15.8 Å². The molecule has 0 aromatic heterocycles. The van der Waals surface area contributed by atoms with Gasteiger partial charge in [0.2, 0.25) is 11.8 Å². The molecule has 3 amide bonds. The van der Waals surface area contributed by atoms with Crippen LogP contribution in [0.2, 0.25) is 0 Å². The molecular formula is C25H32N6O6. The summed E-state index contributed by atoms with van der Waals surface area (Å²) >= 11 is 0. The number of aliphatic hydroxyl groups is 2. The van der Waals surface area contributed by atoms with E-state index in [9.17, 15) is 24.6 Å². The normalized spacial score (nSPS) is 29.2. The van der Waals surface area contributed by atoms with Crippen LogP contribution in [0.4, 0.5) is 5.69 Å². The fraction of sp³-hybridized carbons (Fsp3) is 0.600. The number of carbonyl (C=O) groups is 3. The number of ether oxygens (including phenoxy) is 1. The highest BCUT2D eigenvalue weighted by atomic mass is 16.5. The number of hydrazine groups is 1. The number of nitrogens with one attached hydrogen (secondary N) is 2. The molecule has 1 aromatic rings. The topological polar surface area (TPSA) is 147 Å². The molecule has 4 N–H and O–H groups in total. The van der Waals surface area contributed by atoms with Crippen molar-refractivity contribution in [3.8, 4) is 0 Å².